The fraction of sp³-hybridized carbons (Fsp3) is 0.412. The topological polar surface area (TPSA) is 68.7 Å². The molecule has 0 atom stereocenters. The number of rotatable bonds is 9. The highest BCUT2D eigenvalue weighted by Gasteiger charge is 2.17. The Morgan fingerprint density at radius 3 is 2.78 bits per heavy atom. The van der Waals surface area contributed by atoms with Crippen molar-refractivity contribution in [1.82, 2.24) is 4.98 Å². The van der Waals surface area contributed by atoms with Gasteiger partial charge >= 0.3 is 5.97 Å². The summed E-state index contributed by atoms with van der Waals surface area (Å²) >= 11 is 1.28. The molecule has 0 bridgehead atoms. The van der Waals surface area contributed by atoms with E-state index in [-0.39, 0.29) is 5.69 Å². The number of benzene rings is 1. The van der Waals surface area contributed by atoms with Gasteiger partial charge in [-0.3, -0.25) is 0 Å². The molecule has 1 aromatic heterocycles. The first kappa shape index (κ1) is 17.3. The number of aromatic nitrogens is 1. The Morgan fingerprint density at radius 2 is 2.13 bits per heavy atom. The molecule has 0 amide bonds. The van der Waals surface area contributed by atoms with Gasteiger partial charge in [0, 0.05) is 5.38 Å². The van der Waals surface area contributed by atoms with Crippen molar-refractivity contribution in [2.24, 2.45) is 0 Å². The molecule has 23 heavy (non-hydrogen) atoms. The molecule has 0 saturated carbocycles. The molecule has 0 spiro atoms. The molecule has 1 aromatic carbocycles. The number of para-hydroxylation sites is 1. The van der Waals surface area contributed by atoms with Gasteiger partial charge in [-0.05, 0) is 18.6 Å². The summed E-state index contributed by atoms with van der Waals surface area (Å²) in [6, 6.07) is 5.55. The quantitative estimate of drug-likeness (QED) is 0.684. The monoisotopic (exact) mass is 335 g/mol. The Balaban J connectivity index is 2.22. The molecule has 0 aliphatic carbocycles. The molecule has 2 aromatic rings. The van der Waals surface area contributed by atoms with Crippen molar-refractivity contribution < 1.29 is 19.4 Å². The SMILES string of the molecule is CCCCCCOc1c(OC)cccc1-c1nc(C(=O)O)cs1. The zero-order chi connectivity index (χ0) is 16.7. The Labute approximate surface area is 139 Å². The lowest BCUT2D eigenvalue weighted by molar-refractivity contribution is 0.0691. The predicted molar refractivity (Wildman–Crippen MR) is 90.7 cm³/mol. The number of aromatic carboxylic acids is 1. The van der Waals surface area contributed by atoms with E-state index in [0.29, 0.717) is 23.1 Å². The van der Waals surface area contributed by atoms with Gasteiger partial charge in [-0.15, -0.1) is 11.3 Å². The number of hydrogen-bond acceptors (Lipinski definition) is 5. The minimum atomic E-state index is -1.03. The van der Waals surface area contributed by atoms with Gasteiger partial charge in [0.05, 0.1) is 19.3 Å². The summed E-state index contributed by atoms with van der Waals surface area (Å²) < 4.78 is 11.3. The van der Waals surface area contributed by atoms with Crippen molar-refractivity contribution in [3.8, 4) is 22.1 Å². The number of carboxylic acids is 1. The largest absolute Gasteiger partial charge is 0.493 e. The first-order chi connectivity index (χ1) is 11.2. The zero-order valence-corrected chi connectivity index (χ0v) is 14.2. The molecule has 0 saturated heterocycles. The fourth-order valence-corrected chi connectivity index (χ4v) is 3.01. The van der Waals surface area contributed by atoms with E-state index in [9.17, 15) is 4.79 Å². The van der Waals surface area contributed by atoms with Crippen LogP contribution in [0.2, 0.25) is 0 Å². The maximum Gasteiger partial charge on any atom is 0.355 e. The van der Waals surface area contributed by atoms with Crippen LogP contribution in [0.3, 0.4) is 0 Å². The van der Waals surface area contributed by atoms with Gasteiger partial charge in [0.15, 0.2) is 17.2 Å². The molecular weight excluding hydrogens is 314 g/mol. The second-order valence-electron chi connectivity index (χ2n) is 5.09. The fourth-order valence-electron chi connectivity index (χ4n) is 2.19. The lowest BCUT2D eigenvalue weighted by atomic mass is 10.2. The van der Waals surface area contributed by atoms with E-state index in [1.54, 1.807) is 7.11 Å². The van der Waals surface area contributed by atoms with E-state index in [0.717, 1.165) is 18.4 Å². The summed E-state index contributed by atoms with van der Waals surface area (Å²) in [6.07, 6.45) is 4.47. The maximum atomic E-state index is 11.0. The second-order valence-corrected chi connectivity index (χ2v) is 5.95. The first-order valence-corrected chi connectivity index (χ1v) is 8.54. The molecule has 5 nitrogen and oxygen atoms in total. The van der Waals surface area contributed by atoms with Gasteiger partial charge < -0.3 is 14.6 Å². The van der Waals surface area contributed by atoms with E-state index in [1.165, 1.54) is 29.6 Å². The van der Waals surface area contributed by atoms with Crippen molar-refractivity contribution in [3.05, 3.63) is 29.3 Å². The predicted octanol–water partition coefficient (Wildman–Crippen LogP) is 4.48. The van der Waals surface area contributed by atoms with Crippen LogP contribution in [0.25, 0.3) is 10.6 Å². The summed E-state index contributed by atoms with van der Waals surface area (Å²) in [5.74, 6) is 0.222. The van der Waals surface area contributed by atoms with Crippen molar-refractivity contribution in [1.29, 1.82) is 0 Å². The smallest absolute Gasteiger partial charge is 0.355 e. The highest BCUT2D eigenvalue weighted by Crippen LogP contribution is 2.39. The van der Waals surface area contributed by atoms with E-state index < -0.39 is 5.97 Å². The molecule has 1 heterocycles. The van der Waals surface area contributed by atoms with E-state index >= 15 is 0 Å². The lowest BCUT2D eigenvalue weighted by Crippen LogP contribution is -2.01. The van der Waals surface area contributed by atoms with Gasteiger partial charge in [-0.1, -0.05) is 32.3 Å². The van der Waals surface area contributed by atoms with Crippen LogP contribution in [0, 0.1) is 0 Å². The average molecular weight is 335 g/mol. The minimum absolute atomic E-state index is 0.0433. The first-order valence-electron chi connectivity index (χ1n) is 7.66. The van der Waals surface area contributed by atoms with Gasteiger partial charge in [0.1, 0.15) is 5.01 Å². The third kappa shape index (κ3) is 4.45. The van der Waals surface area contributed by atoms with Crippen LogP contribution >= 0.6 is 11.3 Å². The highest BCUT2D eigenvalue weighted by molar-refractivity contribution is 7.13. The van der Waals surface area contributed by atoms with Crippen molar-refractivity contribution in [2.45, 2.75) is 32.6 Å². The number of nitrogens with zero attached hydrogens (tertiary/aromatic N) is 1. The number of hydrogen-bond donors (Lipinski definition) is 1. The van der Waals surface area contributed by atoms with Gasteiger partial charge in [-0.25, -0.2) is 9.78 Å². The second kappa shape index (κ2) is 8.53. The summed E-state index contributed by atoms with van der Waals surface area (Å²) in [4.78, 5) is 15.2. The summed E-state index contributed by atoms with van der Waals surface area (Å²) in [6.45, 7) is 2.77. The molecule has 0 fully saturated rings. The van der Waals surface area contributed by atoms with Crippen molar-refractivity contribution in [2.75, 3.05) is 13.7 Å². The third-order valence-electron chi connectivity index (χ3n) is 3.40. The molecule has 1 N–H and O–H groups in total. The summed E-state index contributed by atoms with van der Waals surface area (Å²) in [7, 11) is 1.59. The van der Waals surface area contributed by atoms with E-state index in [2.05, 4.69) is 11.9 Å². The number of thiazole rings is 1. The van der Waals surface area contributed by atoms with Crippen LogP contribution in [0.1, 0.15) is 43.1 Å². The average Bonchev–Trinajstić information content (AvgIpc) is 3.04. The minimum Gasteiger partial charge on any atom is -0.493 e. The molecule has 0 aliphatic rings. The Kier molecular flexibility index (Phi) is 6.40. The van der Waals surface area contributed by atoms with Gasteiger partial charge in [0.2, 0.25) is 0 Å². The number of unbranched alkanes of at least 4 members (excludes halogenated alkanes) is 3. The molecule has 6 heteroatoms. The van der Waals surface area contributed by atoms with Crippen LogP contribution in [-0.2, 0) is 0 Å². The van der Waals surface area contributed by atoms with Gasteiger partial charge in [-0.2, -0.15) is 0 Å². The van der Waals surface area contributed by atoms with Crippen LogP contribution in [0.15, 0.2) is 23.6 Å². The normalized spacial score (nSPS) is 10.5. The van der Waals surface area contributed by atoms with E-state index in [1.807, 2.05) is 18.2 Å². The standard InChI is InChI=1S/C17H21NO4S/c1-3-4-5-6-10-22-15-12(8-7-9-14(15)21-2)16-18-13(11-23-16)17(19)20/h7-9,11H,3-6,10H2,1-2H3,(H,19,20). The molecule has 0 aliphatic heterocycles. The molecule has 2 rings (SSSR count). The Bertz CT molecular complexity index is 654. The van der Waals surface area contributed by atoms with Crippen LogP contribution in [0.5, 0.6) is 11.5 Å². The lowest BCUT2D eigenvalue weighted by Gasteiger charge is -2.13. The number of carbonyl (C=O) groups is 1. The van der Waals surface area contributed by atoms with Crippen LogP contribution in [-0.4, -0.2) is 29.8 Å². The summed E-state index contributed by atoms with van der Waals surface area (Å²) in [5.41, 5.74) is 0.805. The Hall–Kier alpha value is -2.08. The van der Waals surface area contributed by atoms with E-state index in [4.69, 9.17) is 14.6 Å². The van der Waals surface area contributed by atoms with Crippen molar-refractivity contribution in [3.63, 3.8) is 0 Å². The maximum absolute atomic E-state index is 11.0. The number of methoxy groups -OCH3 is 1. The van der Waals surface area contributed by atoms with Crippen LogP contribution < -0.4 is 9.47 Å². The Morgan fingerprint density at radius 1 is 1.30 bits per heavy atom. The molecule has 0 unspecified atom stereocenters. The van der Waals surface area contributed by atoms with Crippen molar-refractivity contribution >= 4 is 17.3 Å². The zero-order valence-electron chi connectivity index (χ0n) is 13.4. The number of carboxylic acid groups (broad SMARTS) is 1. The highest BCUT2D eigenvalue weighted by atomic mass is 32.1. The van der Waals surface area contributed by atoms with Crippen LogP contribution in [0.4, 0.5) is 0 Å². The molecule has 0 radical (unpaired) electrons. The molecular formula is C17H21NO4S. The molecule has 124 valence electrons. The van der Waals surface area contributed by atoms with Gasteiger partial charge in [0.25, 0.3) is 0 Å². The summed E-state index contributed by atoms with van der Waals surface area (Å²) in [5, 5.41) is 11.2. The number of ether oxygens (including phenoxy) is 2. The third-order valence-corrected chi connectivity index (χ3v) is 4.27.